The molecule has 0 spiro atoms. The third-order valence-electron chi connectivity index (χ3n) is 6.39. The molecule has 180 valence electrons. The van der Waals surface area contributed by atoms with Gasteiger partial charge in [-0.2, -0.15) is 0 Å². The summed E-state index contributed by atoms with van der Waals surface area (Å²) in [5.41, 5.74) is 3.19. The number of rotatable bonds is 7. The summed E-state index contributed by atoms with van der Waals surface area (Å²) < 4.78 is 6.16. The van der Waals surface area contributed by atoms with Crippen molar-refractivity contribution in [3.8, 4) is 11.1 Å². The van der Waals surface area contributed by atoms with E-state index in [2.05, 4.69) is 38.7 Å². The van der Waals surface area contributed by atoms with E-state index in [0.717, 1.165) is 22.3 Å². The van der Waals surface area contributed by atoms with Gasteiger partial charge in [0.1, 0.15) is 12.1 Å². The van der Waals surface area contributed by atoms with Gasteiger partial charge in [-0.25, -0.2) is 9.59 Å². The van der Waals surface area contributed by atoms with E-state index in [1.165, 1.54) is 12.1 Å². The number of aromatic carboxylic acids is 1. The number of halogens is 1. The maximum Gasteiger partial charge on any atom is 0.408 e. The largest absolute Gasteiger partial charge is 0.478 e. The van der Waals surface area contributed by atoms with Crippen molar-refractivity contribution in [2.24, 2.45) is 0 Å². The van der Waals surface area contributed by atoms with E-state index in [1.54, 1.807) is 19.9 Å². The Bertz CT molecular complexity index is 1260. The molecule has 0 saturated heterocycles. The van der Waals surface area contributed by atoms with Gasteiger partial charge in [-0.15, -0.1) is 0 Å². The van der Waals surface area contributed by atoms with Crippen molar-refractivity contribution >= 4 is 39.6 Å². The predicted octanol–water partition coefficient (Wildman–Crippen LogP) is 5.79. The summed E-state index contributed by atoms with van der Waals surface area (Å²) in [6.07, 6.45) is -0.456. The van der Waals surface area contributed by atoms with Crippen LogP contribution in [0.15, 0.2) is 71.2 Å². The number of amides is 2. The van der Waals surface area contributed by atoms with Crippen LogP contribution in [0, 0.1) is 0 Å². The molecule has 3 aromatic carbocycles. The molecule has 0 saturated carbocycles. The quantitative estimate of drug-likeness (QED) is 0.354. The summed E-state index contributed by atoms with van der Waals surface area (Å²) in [5.74, 6) is -1.82. The molecule has 2 amide bonds. The molecule has 0 fully saturated rings. The Hall–Kier alpha value is -3.65. The van der Waals surface area contributed by atoms with Crippen LogP contribution in [0.25, 0.3) is 11.1 Å². The number of benzene rings is 3. The molecule has 4 rings (SSSR count). The first kappa shape index (κ1) is 24.5. The van der Waals surface area contributed by atoms with E-state index in [1.807, 2.05) is 36.4 Å². The predicted molar refractivity (Wildman–Crippen MR) is 137 cm³/mol. The van der Waals surface area contributed by atoms with E-state index < -0.39 is 23.5 Å². The zero-order valence-electron chi connectivity index (χ0n) is 19.3. The minimum absolute atomic E-state index is 0.0627. The second kappa shape index (κ2) is 9.92. The highest BCUT2D eigenvalue weighted by molar-refractivity contribution is 9.10. The lowest BCUT2D eigenvalue weighted by molar-refractivity contribution is -0.121. The Balaban J connectivity index is 1.45. The van der Waals surface area contributed by atoms with Crippen LogP contribution >= 0.6 is 15.9 Å². The number of carbonyl (C=O) groups is 3. The molecule has 0 bridgehead atoms. The normalized spacial score (nSPS) is 13.8. The zero-order valence-corrected chi connectivity index (χ0v) is 20.9. The molecule has 1 atom stereocenters. The number of carboxylic acids is 1. The SMILES string of the molecule is CCC(C)(NC(=O)OCC1c2ccccc2-c2ccccc21)C(=O)Nc1ccc(Br)cc1C(=O)O. The molecule has 3 N–H and O–H groups in total. The molecule has 0 radical (unpaired) electrons. The number of hydrogen-bond acceptors (Lipinski definition) is 4. The Morgan fingerprint density at radius 3 is 2.17 bits per heavy atom. The van der Waals surface area contributed by atoms with E-state index in [-0.39, 0.29) is 30.2 Å². The van der Waals surface area contributed by atoms with Gasteiger partial charge in [0.2, 0.25) is 5.91 Å². The fourth-order valence-electron chi connectivity index (χ4n) is 4.23. The number of fused-ring (bicyclic) bond motifs is 3. The average molecular weight is 537 g/mol. The van der Waals surface area contributed by atoms with Crippen LogP contribution in [0.3, 0.4) is 0 Å². The van der Waals surface area contributed by atoms with Gasteiger partial charge in [0.05, 0.1) is 11.3 Å². The van der Waals surface area contributed by atoms with Crippen molar-refractivity contribution in [1.82, 2.24) is 5.32 Å². The summed E-state index contributed by atoms with van der Waals surface area (Å²) in [4.78, 5) is 37.4. The van der Waals surface area contributed by atoms with Gasteiger partial charge in [0, 0.05) is 10.4 Å². The Kier molecular flexibility index (Phi) is 6.93. The first-order chi connectivity index (χ1) is 16.7. The van der Waals surface area contributed by atoms with Crippen molar-refractivity contribution in [3.63, 3.8) is 0 Å². The number of carbonyl (C=O) groups excluding carboxylic acids is 2. The highest BCUT2D eigenvalue weighted by atomic mass is 79.9. The summed E-state index contributed by atoms with van der Waals surface area (Å²) in [6, 6.07) is 20.6. The van der Waals surface area contributed by atoms with E-state index in [4.69, 9.17) is 4.74 Å². The van der Waals surface area contributed by atoms with E-state index >= 15 is 0 Å². The van der Waals surface area contributed by atoms with Crippen molar-refractivity contribution in [2.75, 3.05) is 11.9 Å². The van der Waals surface area contributed by atoms with Gasteiger partial charge in [-0.05, 0) is 53.8 Å². The number of hydrogen-bond donors (Lipinski definition) is 3. The first-order valence-electron chi connectivity index (χ1n) is 11.2. The lowest BCUT2D eigenvalue weighted by Gasteiger charge is -2.28. The average Bonchev–Trinajstić information content (AvgIpc) is 3.17. The molecule has 3 aromatic rings. The second-order valence-corrected chi connectivity index (χ2v) is 9.50. The zero-order chi connectivity index (χ0) is 25.2. The summed E-state index contributed by atoms with van der Waals surface area (Å²) in [7, 11) is 0. The Labute approximate surface area is 211 Å². The van der Waals surface area contributed by atoms with Gasteiger partial charge in [0.15, 0.2) is 0 Å². The Morgan fingerprint density at radius 1 is 1.00 bits per heavy atom. The van der Waals surface area contributed by atoms with Gasteiger partial charge in [-0.3, -0.25) is 4.79 Å². The number of carboxylic acid groups (broad SMARTS) is 1. The topological polar surface area (TPSA) is 105 Å². The smallest absolute Gasteiger partial charge is 0.408 e. The number of anilines is 1. The minimum Gasteiger partial charge on any atom is -0.478 e. The molecule has 8 heteroatoms. The molecule has 1 unspecified atom stereocenters. The van der Waals surface area contributed by atoms with Crippen LogP contribution < -0.4 is 10.6 Å². The van der Waals surface area contributed by atoms with Crippen molar-refractivity contribution < 1.29 is 24.2 Å². The van der Waals surface area contributed by atoms with Crippen molar-refractivity contribution in [3.05, 3.63) is 87.9 Å². The van der Waals surface area contributed by atoms with E-state index in [9.17, 15) is 19.5 Å². The second-order valence-electron chi connectivity index (χ2n) is 8.59. The molecule has 35 heavy (non-hydrogen) atoms. The van der Waals surface area contributed by atoms with Gasteiger partial charge < -0.3 is 20.5 Å². The van der Waals surface area contributed by atoms with E-state index in [0.29, 0.717) is 4.47 Å². The fraction of sp³-hybridized carbons (Fsp3) is 0.222. The maximum absolute atomic E-state index is 13.1. The number of ether oxygens (including phenoxy) is 1. The lowest BCUT2D eigenvalue weighted by Crippen LogP contribution is -2.54. The third kappa shape index (κ3) is 4.93. The Morgan fingerprint density at radius 2 is 1.60 bits per heavy atom. The highest BCUT2D eigenvalue weighted by Gasteiger charge is 2.35. The van der Waals surface area contributed by atoms with Crippen LogP contribution in [0.5, 0.6) is 0 Å². The summed E-state index contributed by atoms with van der Waals surface area (Å²) in [5, 5.41) is 14.8. The van der Waals surface area contributed by atoms with Crippen LogP contribution in [0.4, 0.5) is 10.5 Å². The summed E-state index contributed by atoms with van der Waals surface area (Å²) in [6.45, 7) is 3.45. The molecular weight excluding hydrogens is 512 g/mol. The third-order valence-corrected chi connectivity index (χ3v) is 6.88. The molecule has 0 aliphatic heterocycles. The van der Waals surface area contributed by atoms with Gasteiger partial charge in [-0.1, -0.05) is 71.4 Å². The van der Waals surface area contributed by atoms with Crippen LogP contribution in [0.2, 0.25) is 0 Å². The van der Waals surface area contributed by atoms with Crippen molar-refractivity contribution in [2.45, 2.75) is 31.7 Å². The van der Waals surface area contributed by atoms with Crippen LogP contribution in [-0.2, 0) is 9.53 Å². The highest BCUT2D eigenvalue weighted by Crippen LogP contribution is 2.44. The maximum atomic E-state index is 13.1. The summed E-state index contributed by atoms with van der Waals surface area (Å²) >= 11 is 3.23. The number of alkyl carbamates (subject to hydrolysis) is 1. The molecule has 1 aliphatic rings. The number of nitrogens with one attached hydrogen (secondary N) is 2. The molecular formula is C27H25BrN2O5. The van der Waals surface area contributed by atoms with Gasteiger partial charge >= 0.3 is 12.1 Å². The minimum atomic E-state index is -1.31. The van der Waals surface area contributed by atoms with Crippen LogP contribution in [-0.4, -0.2) is 35.2 Å². The standard InChI is InChI=1S/C27H25BrN2O5/c1-3-27(2,25(33)29-23-13-12-16(28)14-21(23)24(31)32)30-26(34)35-15-22-19-10-6-4-8-17(19)18-9-5-7-11-20(18)22/h4-14,22H,3,15H2,1-2H3,(H,29,33)(H,30,34)(H,31,32). The molecule has 0 aromatic heterocycles. The lowest BCUT2D eigenvalue weighted by atomic mass is 9.97. The molecule has 1 aliphatic carbocycles. The monoisotopic (exact) mass is 536 g/mol. The van der Waals surface area contributed by atoms with Crippen molar-refractivity contribution in [1.29, 1.82) is 0 Å². The molecule has 0 heterocycles. The van der Waals surface area contributed by atoms with Crippen LogP contribution in [0.1, 0.15) is 47.7 Å². The first-order valence-corrected chi connectivity index (χ1v) is 12.0. The van der Waals surface area contributed by atoms with Gasteiger partial charge in [0.25, 0.3) is 0 Å². The fourth-order valence-corrected chi connectivity index (χ4v) is 4.59. The molecule has 7 nitrogen and oxygen atoms in total.